The number of nitrogens with two attached hydrogens (primary N) is 1. The lowest BCUT2D eigenvalue weighted by molar-refractivity contribution is -0.107. The zero-order valence-electron chi connectivity index (χ0n) is 18.2. The number of nitrogens with one attached hydrogen (secondary N) is 1. The Hall–Kier alpha value is -2.94. The minimum absolute atomic E-state index is 0.0243. The number of nitrogen functional groups attached to an aromatic ring is 1. The summed E-state index contributed by atoms with van der Waals surface area (Å²) in [6.07, 6.45) is 5.32. The summed E-state index contributed by atoms with van der Waals surface area (Å²) in [6.45, 7) is 7.29. The van der Waals surface area contributed by atoms with Crippen molar-refractivity contribution in [3.63, 3.8) is 0 Å². The van der Waals surface area contributed by atoms with Gasteiger partial charge in [-0.15, -0.1) is 0 Å². The first kappa shape index (κ1) is 21.8. The molecule has 0 aromatic carbocycles. The maximum Gasteiger partial charge on any atom is 0.341 e. The van der Waals surface area contributed by atoms with Gasteiger partial charge in [-0.3, -0.25) is 9.82 Å². The van der Waals surface area contributed by atoms with Crippen molar-refractivity contribution in [3.8, 4) is 0 Å². The third-order valence-corrected chi connectivity index (χ3v) is 4.97. The number of imidazole rings is 1. The van der Waals surface area contributed by atoms with Crippen LogP contribution in [0.4, 0.5) is 10.6 Å². The standard InChI is InChI=1S/C21H31N7O2/c1-5-9-16-26-18-19(17-15(25-20(18)22)10-8-12-23-17)27(16)13-7-6-11-24-21(29)28(30-4)14(2)3/h8,10,12,14H,5-7,9,11,13H2,1-4H3,(H2,22,25)(H,24,29). The second-order valence-corrected chi connectivity index (χ2v) is 7.54. The quantitative estimate of drug-likeness (QED) is 0.411. The van der Waals surface area contributed by atoms with Gasteiger partial charge in [0, 0.05) is 25.7 Å². The van der Waals surface area contributed by atoms with E-state index in [1.165, 1.54) is 12.2 Å². The van der Waals surface area contributed by atoms with E-state index < -0.39 is 0 Å². The van der Waals surface area contributed by atoms with Gasteiger partial charge in [0.25, 0.3) is 0 Å². The van der Waals surface area contributed by atoms with Gasteiger partial charge >= 0.3 is 6.03 Å². The summed E-state index contributed by atoms with van der Waals surface area (Å²) in [4.78, 5) is 31.0. The molecule has 0 fully saturated rings. The predicted molar refractivity (Wildman–Crippen MR) is 118 cm³/mol. The number of carbonyl (C=O) groups is 1. The Balaban J connectivity index is 1.75. The summed E-state index contributed by atoms with van der Waals surface area (Å²) < 4.78 is 2.21. The zero-order chi connectivity index (χ0) is 21.7. The average molecular weight is 414 g/mol. The van der Waals surface area contributed by atoms with Gasteiger partial charge in [0.15, 0.2) is 5.82 Å². The number of aromatic nitrogens is 4. The number of nitrogens with zero attached hydrogens (tertiary/aromatic N) is 5. The van der Waals surface area contributed by atoms with E-state index in [9.17, 15) is 4.79 Å². The molecule has 2 amide bonds. The van der Waals surface area contributed by atoms with Crippen LogP contribution in [0.15, 0.2) is 18.3 Å². The number of hydrogen-bond donors (Lipinski definition) is 2. The third-order valence-electron chi connectivity index (χ3n) is 4.97. The van der Waals surface area contributed by atoms with Crippen molar-refractivity contribution in [2.45, 2.75) is 59.0 Å². The van der Waals surface area contributed by atoms with Crippen molar-refractivity contribution in [2.75, 3.05) is 19.4 Å². The van der Waals surface area contributed by atoms with E-state index in [2.05, 4.69) is 26.8 Å². The Kier molecular flexibility index (Phi) is 7.04. The highest BCUT2D eigenvalue weighted by Gasteiger charge is 2.18. The van der Waals surface area contributed by atoms with Crippen LogP contribution in [0.25, 0.3) is 22.1 Å². The van der Waals surface area contributed by atoms with E-state index in [1.807, 2.05) is 26.0 Å². The number of unbranched alkanes of at least 4 members (excludes halogenated alkanes) is 1. The van der Waals surface area contributed by atoms with E-state index in [0.717, 1.165) is 54.6 Å². The van der Waals surface area contributed by atoms with Crippen molar-refractivity contribution < 1.29 is 9.63 Å². The Morgan fingerprint density at radius 3 is 2.80 bits per heavy atom. The van der Waals surface area contributed by atoms with E-state index in [0.29, 0.717) is 17.9 Å². The highest BCUT2D eigenvalue weighted by atomic mass is 16.7. The molecule has 0 aliphatic rings. The lowest BCUT2D eigenvalue weighted by Crippen LogP contribution is -2.43. The molecule has 3 N–H and O–H groups in total. The smallest absolute Gasteiger partial charge is 0.341 e. The number of hydroxylamine groups is 2. The minimum Gasteiger partial charge on any atom is -0.382 e. The molecule has 0 spiro atoms. The van der Waals surface area contributed by atoms with Crippen LogP contribution in [0.1, 0.15) is 45.9 Å². The van der Waals surface area contributed by atoms with Crippen molar-refractivity contribution >= 4 is 33.9 Å². The van der Waals surface area contributed by atoms with Crippen LogP contribution >= 0.6 is 0 Å². The highest BCUT2D eigenvalue weighted by Crippen LogP contribution is 2.28. The van der Waals surface area contributed by atoms with Crippen molar-refractivity contribution in [3.05, 3.63) is 24.2 Å². The number of hydrogen-bond acceptors (Lipinski definition) is 6. The van der Waals surface area contributed by atoms with Crippen LogP contribution in [-0.4, -0.2) is 50.3 Å². The van der Waals surface area contributed by atoms with Gasteiger partial charge in [-0.1, -0.05) is 6.92 Å². The maximum atomic E-state index is 12.2. The third kappa shape index (κ3) is 4.46. The molecule has 9 heteroatoms. The molecular weight excluding hydrogens is 382 g/mol. The molecule has 0 bridgehead atoms. The summed E-state index contributed by atoms with van der Waals surface area (Å²) >= 11 is 0. The van der Waals surface area contributed by atoms with Crippen molar-refractivity contribution in [2.24, 2.45) is 0 Å². The fraction of sp³-hybridized carbons (Fsp3) is 0.524. The average Bonchev–Trinajstić information content (AvgIpc) is 3.07. The molecule has 162 valence electrons. The largest absolute Gasteiger partial charge is 0.382 e. The van der Waals surface area contributed by atoms with Crippen LogP contribution in [0.2, 0.25) is 0 Å². The van der Waals surface area contributed by atoms with Crippen LogP contribution in [0.3, 0.4) is 0 Å². The van der Waals surface area contributed by atoms with E-state index in [1.54, 1.807) is 6.20 Å². The summed E-state index contributed by atoms with van der Waals surface area (Å²) in [5, 5.41) is 4.24. The SMILES string of the molecule is CCCc1nc2c(N)nc3cccnc3c2n1CCCCNC(=O)N(OC)C(C)C. The summed E-state index contributed by atoms with van der Waals surface area (Å²) in [6, 6.07) is 3.53. The van der Waals surface area contributed by atoms with Crippen LogP contribution in [0, 0.1) is 0 Å². The number of carbonyl (C=O) groups excluding carboxylic acids is 1. The van der Waals surface area contributed by atoms with E-state index >= 15 is 0 Å². The molecule has 0 radical (unpaired) electrons. The minimum atomic E-state index is -0.221. The number of amides is 2. The molecule has 3 heterocycles. The molecule has 0 atom stereocenters. The number of fused-ring (bicyclic) bond motifs is 3. The highest BCUT2D eigenvalue weighted by molar-refractivity contribution is 6.04. The van der Waals surface area contributed by atoms with Crippen LogP contribution < -0.4 is 11.1 Å². The number of urea groups is 1. The molecular formula is C21H31N7O2. The molecule has 9 nitrogen and oxygen atoms in total. The zero-order valence-corrected chi connectivity index (χ0v) is 18.2. The number of aryl methyl sites for hydroxylation is 2. The Morgan fingerprint density at radius 2 is 2.10 bits per heavy atom. The molecule has 30 heavy (non-hydrogen) atoms. The summed E-state index contributed by atoms with van der Waals surface area (Å²) in [7, 11) is 1.50. The normalized spacial score (nSPS) is 11.5. The topological polar surface area (TPSA) is 111 Å². The fourth-order valence-electron chi connectivity index (χ4n) is 3.62. The van der Waals surface area contributed by atoms with Gasteiger partial charge in [-0.25, -0.2) is 19.8 Å². The molecule has 0 saturated heterocycles. The molecule has 3 aromatic rings. The molecule has 0 aliphatic heterocycles. The fourth-order valence-corrected chi connectivity index (χ4v) is 3.62. The summed E-state index contributed by atoms with van der Waals surface area (Å²) in [5.41, 5.74) is 9.44. The first-order valence-electron chi connectivity index (χ1n) is 10.5. The van der Waals surface area contributed by atoms with Gasteiger partial charge in [-0.05, 0) is 45.2 Å². The monoisotopic (exact) mass is 413 g/mol. The number of pyridine rings is 2. The van der Waals surface area contributed by atoms with Crippen LogP contribution in [0.5, 0.6) is 0 Å². The second-order valence-electron chi connectivity index (χ2n) is 7.54. The molecule has 0 saturated carbocycles. The predicted octanol–water partition coefficient (Wildman–Crippen LogP) is 3.28. The Bertz CT molecular complexity index is 1020. The van der Waals surface area contributed by atoms with E-state index in [4.69, 9.17) is 15.6 Å². The van der Waals surface area contributed by atoms with Crippen LogP contribution in [-0.2, 0) is 17.8 Å². The lowest BCUT2D eigenvalue weighted by Gasteiger charge is -2.23. The molecule has 3 aromatic heterocycles. The molecule has 3 rings (SSSR count). The van der Waals surface area contributed by atoms with E-state index in [-0.39, 0.29) is 12.1 Å². The first-order chi connectivity index (χ1) is 14.5. The van der Waals surface area contributed by atoms with Crippen molar-refractivity contribution in [1.82, 2.24) is 29.9 Å². The van der Waals surface area contributed by atoms with Gasteiger partial charge in [0.05, 0.1) is 18.7 Å². The number of rotatable bonds is 9. The summed E-state index contributed by atoms with van der Waals surface area (Å²) in [5.74, 6) is 1.43. The molecule has 0 aliphatic carbocycles. The van der Waals surface area contributed by atoms with Gasteiger partial charge in [0.1, 0.15) is 22.4 Å². The number of anilines is 1. The second kappa shape index (κ2) is 9.71. The maximum absolute atomic E-state index is 12.2. The molecule has 0 unspecified atom stereocenters. The van der Waals surface area contributed by atoms with Gasteiger partial charge < -0.3 is 15.6 Å². The van der Waals surface area contributed by atoms with Crippen molar-refractivity contribution in [1.29, 1.82) is 0 Å². The Morgan fingerprint density at radius 1 is 1.30 bits per heavy atom. The van der Waals surface area contributed by atoms with Gasteiger partial charge in [-0.2, -0.15) is 0 Å². The van der Waals surface area contributed by atoms with Gasteiger partial charge in [0.2, 0.25) is 0 Å². The lowest BCUT2D eigenvalue weighted by atomic mass is 10.2. The first-order valence-corrected chi connectivity index (χ1v) is 10.5. The Labute approximate surface area is 176 Å².